The number of rotatable bonds is 5. The van der Waals surface area contributed by atoms with Crippen LogP contribution in [0, 0.1) is 0 Å². The Morgan fingerprint density at radius 1 is 1.14 bits per heavy atom. The summed E-state index contributed by atoms with van der Waals surface area (Å²) in [5.41, 5.74) is 1.74. The molecule has 11 heteroatoms. The third-order valence-electron chi connectivity index (χ3n) is 6.29. The van der Waals surface area contributed by atoms with E-state index in [2.05, 4.69) is 16.0 Å². The van der Waals surface area contributed by atoms with Crippen molar-refractivity contribution in [2.24, 2.45) is 0 Å². The Morgan fingerprint density at radius 2 is 1.89 bits per heavy atom. The largest absolute Gasteiger partial charge is 0.416 e. The highest BCUT2D eigenvalue weighted by atomic mass is 19.4. The first-order valence-corrected chi connectivity index (χ1v) is 11.5. The molecule has 2 aliphatic heterocycles. The van der Waals surface area contributed by atoms with Gasteiger partial charge >= 0.3 is 12.2 Å². The summed E-state index contributed by atoms with van der Waals surface area (Å²) in [5, 5.41) is 7.54. The fourth-order valence-electron chi connectivity index (χ4n) is 4.42. The number of fused-ring (bicyclic) bond motifs is 1. The van der Waals surface area contributed by atoms with Crippen molar-refractivity contribution < 1.29 is 32.3 Å². The van der Waals surface area contributed by atoms with E-state index in [4.69, 9.17) is 0 Å². The molecule has 0 bridgehead atoms. The summed E-state index contributed by atoms with van der Waals surface area (Å²) in [4.78, 5) is 50.3. The van der Waals surface area contributed by atoms with Crippen LogP contribution in [0.2, 0.25) is 0 Å². The van der Waals surface area contributed by atoms with Crippen LogP contribution in [0.3, 0.4) is 0 Å². The van der Waals surface area contributed by atoms with Crippen molar-refractivity contribution in [3.05, 3.63) is 64.2 Å². The second kappa shape index (κ2) is 9.63. The molecular formula is C25H25F3N4O4. The zero-order chi connectivity index (χ0) is 26.2. The topological polar surface area (TPSA) is 108 Å². The van der Waals surface area contributed by atoms with E-state index < -0.39 is 29.7 Å². The van der Waals surface area contributed by atoms with Crippen molar-refractivity contribution in [2.45, 2.75) is 57.9 Å². The number of hydrogen-bond donors (Lipinski definition) is 3. The van der Waals surface area contributed by atoms with Gasteiger partial charge in [-0.2, -0.15) is 13.2 Å². The van der Waals surface area contributed by atoms with Gasteiger partial charge in [-0.05, 0) is 53.3 Å². The number of hydrogen-bond acceptors (Lipinski definition) is 4. The van der Waals surface area contributed by atoms with Crippen LogP contribution in [0.4, 0.5) is 23.7 Å². The Morgan fingerprint density at radius 3 is 2.56 bits per heavy atom. The maximum absolute atomic E-state index is 13.1. The van der Waals surface area contributed by atoms with Gasteiger partial charge in [0.25, 0.3) is 5.91 Å². The smallest absolute Gasteiger partial charge is 0.334 e. The Bertz CT molecular complexity index is 1240. The van der Waals surface area contributed by atoms with Crippen LogP contribution in [0.1, 0.15) is 65.2 Å². The molecule has 2 aromatic carbocycles. The standard InChI is InChI=1S/C25H25F3N4O4/c1-13(2)18-10-16(25(26,27)28)4-6-19(18)30-24(36)29-11-14-3-5-17-15(9-14)12-32(23(17)35)20-7-8-21(33)31-22(20)34/h3-6,9-10,13,20H,7-8,11-12H2,1-2H3,(H2,29,30,36)(H,31,33,34). The summed E-state index contributed by atoms with van der Waals surface area (Å²) in [6, 6.07) is 6.97. The third kappa shape index (κ3) is 5.19. The Balaban J connectivity index is 1.40. The highest BCUT2D eigenvalue weighted by Crippen LogP contribution is 2.34. The van der Waals surface area contributed by atoms with Gasteiger partial charge in [0.2, 0.25) is 11.8 Å². The average Bonchev–Trinajstić information content (AvgIpc) is 3.12. The van der Waals surface area contributed by atoms with E-state index in [9.17, 15) is 32.3 Å². The van der Waals surface area contributed by atoms with E-state index in [1.54, 1.807) is 32.0 Å². The molecule has 2 aromatic rings. The van der Waals surface area contributed by atoms with Gasteiger partial charge in [0.15, 0.2) is 0 Å². The second-order valence-corrected chi connectivity index (χ2v) is 9.15. The quantitative estimate of drug-likeness (QED) is 0.539. The molecule has 3 N–H and O–H groups in total. The molecule has 5 amide bonds. The Hall–Kier alpha value is -3.89. The van der Waals surface area contributed by atoms with Crippen molar-refractivity contribution in [3.63, 3.8) is 0 Å². The van der Waals surface area contributed by atoms with Crippen molar-refractivity contribution >= 4 is 29.4 Å². The first-order valence-electron chi connectivity index (χ1n) is 11.5. The molecule has 1 fully saturated rings. The molecule has 4 rings (SSSR count). The van der Waals surface area contributed by atoms with E-state index >= 15 is 0 Å². The predicted molar refractivity (Wildman–Crippen MR) is 124 cm³/mol. The van der Waals surface area contributed by atoms with Gasteiger partial charge in [0.1, 0.15) is 6.04 Å². The minimum Gasteiger partial charge on any atom is -0.334 e. The molecular weight excluding hydrogens is 477 g/mol. The highest BCUT2D eigenvalue weighted by Gasteiger charge is 2.39. The number of nitrogens with one attached hydrogen (secondary N) is 3. The van der Waals surface area contributed by atoms with Crippen LogP contribution in [0.25, 0.3) is 0 Å². The molecule has 1 unspecified atom stereocenters. The first-order chi connectivity index (χ1) is 16.9. The first kappa shape index (κ1) is 25.2. The lowest BCUT2D eigenvalue weighted by atomic mass is 9.98. The van der Waals surface area contributed by atoms with Gasteiger partial charge in [-0.25, -0.2) is 4.79 Å². The number of piperidine rings is 1. The summed E-state index contributed by atoms with van der Waals surface area (Å²) >= 11 is 0. The van der Waals surface area contributed by atoms with Gasteiger partial charge in [0.05, 0.1) is 5.56 Å². The second-order valence-electron chi connectivity index (χ2n) is 9.15. The van der Waals surface area contributed by atoms with Crippen molar-refractivity contribution in [3.8, 4) is 0 Å². The molecule has 0 aliphatic carbocycles. The van der Waals surface area contributed by atoms with Crippen LogP contribution >= 0.6 is 0 Å². The van der Waals surface area contributed by atoms with Gasteiger partial charge in [0, 0.05) is 30.8 Å². The summed E-state index contributed by atoms with van der Waals surface area (Å²) in [5.74, 6) is -1.39. The number of alkyl halides is 3. The van der Waals surface area contributed by atoms with Crippen molar-refractivity contribution in [2.75, 3.05) is 5.32 Å². The fourth-order valence-corrected chi connectivity index (χ4v) is 4.42. The van der Waals surface area contributed by atoms with Crippen LogP contribution in [0.15, 0.2) is 36.4 Å². The fraction of sp³-hybridized carbons (Fsp3) is 0.360. The number of imide groups is 1. The van der Waals surface area contributed by atoms with Gasteiger partial charge in [-0.3, -0.25) is 19.7 Å². The van der Waals surface area contributed by atoms with Crippen molar-refractivity contribution in [1.29, 1.82) is 0 Å². The maximum atomic E-state index is 13.1. The molecule has 0 aromatic heterocycles. The number of halogens is 3. The van der Waals surface area contributed by atoms with Gasteiger partial charge in [-0.1, -0.05) is 26.0 Å². The molecule has 0 spiro atoms. The monoisotopic (exact) mass is 502 g/mol. The minimum absolute atomic E-state index is 0.114. The van der Waals surface area contributed by atoms with Crippen LogP contribution in [-0.4, -0.2) is 34.7 Å². The average molecular weight is 502 g/mol. The lowest BCUT2D eigenvalue weighted by Gasteiger charge is -2.29. The van der Waals surface area contributed by atoms with E-state index in [0.29, 0.717) is 22.3 Å². The maximum Gasteiger partial charge on any atom is 0.416 e. The van der Waals surface area contributed by atoms with Crippen LogP contribution < -0.4 is 16.0 Å². The van der Waals surface area contributed by atoms with E-state index in [0.717, 1.165) is 12.1 Å². The van der Waals surface area contributed by atoms with E-state index in [-0.39, 0.29) is 49.4 Å². The van der Waals surface area contributed by atoms with Crippen LogP contribution in [-0.2, 0) is 28.9 Å². The summed E-state index contributed by atoms with van der Waals surface area (Å²) < 4.78 is 39.2. The molecule has 0 saturated carbocycles. The lowest BCUT2D eigenvalue weighted by Crippen LogP contribution is -2.52. The minimum atomic E-state index is -4.48. The summed E-state index contributed by atoms with van der Waals surface area (Å²) in [7, 11) is 0. The number of benzene rings is 2. The van der Waals surface area contributed by atoms with Crippen LogP contribution in [0.5, 0.6) is 0 Å². The van der Waals surface area contributed by atoms with E-state index in [1.165, 1.54) is 11.0 Å². The predicted octanol–water partition coefficient (Wildman–Crippen LogP) is 3.91. The zero-order valence-corrected chi connectivity index (χ0v) is 19.7. The number of carbonyl (C=O) groups is 4. The summed E-state index contributed by atoms with van der Waals surface area (Å²) in [6.45, 7) is 3.80. The molecule has 36 heavy (non-hydrogen) atoms. The van der Waals surface area contributed by atoms with E-state index in [1.807, 2.05) is 0 Å². The molecule has 1 atom stereocenters. The Kier molecular flexibility index (Phi) is 6.75. The highest BCUT2D eigenvalue weighted by molar-refractivity contribution is 6.05. The SMILES string of the molecule is CC(C)c1cc(C(F)(F)F)ccc1NC(=O)NCc1ccc2c(c1)CN(C1CCC(=O)NC1=O)C2=O. The zero-order valence-electron chi connectivity index (χ0n) is 19.7. The number of carbonyl (C=O) groups excluding carboxylic acids is 4. The number of amides is 5. The molecule has 2 heterocycles. The number of nitrogens with zero attached hydrogens (tertiary/aromatic N) is 1. The molecule has 2 aliphatic rings. The van der Waals surface area contributed by atoms with Gasteiger partial charge < -0.3 is 15.5 Å². The number of urea groups is 1. The normalized spacial score (nSPS) is 17.8. The molecule has 0 radical (unpaired) electrons. The van der Waals surface area contributed by atoms with Crippen molar-refractivity contribution in [1.82, 2.24) is 15.5 Å². The Labute approximate surface area is 205 Å². The number of anilines is 1. The third-order valence-corrected chi connectivity index (χ3v) is 6.29. The lowest BCUT2D eigenvalue weighted by molar-refractivity contribution is -0.138. The molecule has 8 nitrogen and oxygen atoms in total. The molecule has 1 saturated heterocycles. The molecule has 190 valence electrons. The van der Waals surface area contributed by atoms with Gasteiger partial charge in [-0.15, -0.1) is 0 Å². The summed E-state index contributed by atoms with van der Waals surface area (Å²) in [6.07, 6.45) is -4.05.